The third-order valence-corrected chi connectivity index (χ3v) is 4.06. The molecule has 0 spiro atoms. The van der Waals surface area contributed by atoms with Crippen molar-refractivity contribution in [3.8, 4) is 5.75 Å². The summed E-state index contributed by atoms with van der Waals surface area (Å²) >= 11 is 0. The first-order valence-electron chi connectivity index (χ1n) is 9.18. The molecule has 0 aromatic heterocycles. The van der Waals surface area contributed by atoms with E-state index in [1.165, 1.54) is 25.7 Å². The van der Waals surface area contributed by atoms with E-state index in [4.69, 9.17) is 9.47 Å². The van der Waals surface area contributed by atoms with Crippen molar-refractivity contribution in [1.82, 2.24) is 10.6 Å². The number of nitrogens with one attached hydrogen (secondary N) is 2. The molecule has 1 aromatic carbocycles. The van der Waals surface area contributed by atoms with Gasteiger partial charge in [0.2, 0.25) is 0 Å². The highest BCUT2D eigenvalue weighted by Gasteiger charge is 2.17. The van der Waals surface area contributed by atoms with Crippen LogP contribution in [0.3, 0.4) is 0 Å². The summed E-state index contributed by atoms with van der Waals surface area (Å²) < 4.78 is 11.5. The van der Waals surface area contributed by atoms with Crippen molar-refractivity contribution in [3.05, 3.63) is 29.8 Å². The van der Waals surface area contributed by atoms with Crippen LogP contribution in [-0.4, -0.2) is 38.4 Å². The SMILES string of the molecule is CCNC(=NCc1ccccc1OC1CCCC1)NCCOCC.I. The summed E-state index contributed by atoms with van der Waals surface area (Å²) in [6, 6.07) is 8.22. The minimum atomic E-state index is 0. The van der Waals surface area contributed by atoms with Crippen LogP contribution in [-0.2, 0) is 11.3 Å². The number of benzene rings is 1. The first kappa shape index (κ1) is 22.0. The number of halogens is 1. The predicted molar refractivity (Wildman–Crippen MR) is 114 cm³/mol. The maximum Gasteiger partial charge on any atom is 0.191 e. The van der Waals surface area contributed by atoms with E-state index in [0.29, 0.717) is 19.3 Å². The largest absolute Gasteiger partial charge is 0.490 e. The topological polar surface area (TPSA) is 54.9 Å². The average Bonchev–Trinajstić information content (AvgIpc) is 3.10. The molecule has 2 rings (SSSR count). The van der Waals surface area contributed by atoms with Crippen LogP contribution in [0.2, 0.25) is 0 Å². The summed E-state index contributed by atoms with van der Waals surface area (Å²) in [5, 5.41) is 6.56. The fourth-order valence-electron chi connectivity index (χ4n) is 2.83. The Bertz CT molecular complexity index is 505. The quantitative estimate of drug-likeness (QED) is 0.255. The predicted octanol–water partition coefficient (Wildman–Crippen LogP) is 3.72. The molecule has 0 amide bonds. The molecule has 0 unspecified atom stereocenters. The highest BCUT2D eigenvalue weighted by molar-refractivity contribution is 14.0. The van der Waals surface area contributed by atoms with E-state index in [1.807, 2.05) is 19.1 Å². The summed E-state index contributed by atoms with van der Waals surface area (Å²) in [4.78, 5) is 4.68. The van der Waals surface area contributed by atoms with Gasteiger partial charge in [-0.15, -0.1) is 24.0 Å². The van der Waals surface area contributed by atoms with Crippen molar-refractivity contribution >= 4 is 29.9 Å². The zero-order chi connectivity index (χ0) is 17.0. The lowest BCUT2D eigenvalue weighted by atomic mass is 10.2. The van der Waals surface area contributed by atoms with Gasteiger partial charge in [-0.25, -0.2) is 4.99 Å². The van der Waals surface area contributed by atoms with Crippen molar-refractivity contribution in [2.24, 2.45) is 4.99 Å². The first-order chi connectivity index (χ1) is 11.8. The van der Waals surface area contributed by atoms with Crippen LogP contribution >= 0.6 is 24.0 Å². The molecule has 1 fully saturated rings. The number of ether oxygens (including phenoxy) is 2. The maximum absolute atomic E-state index is 6.18. The van der Waals surface area contributed by atoms with Crippen LogP contribution in [0.25, 0.3) is 0 Å². The van der Waals surface area contributed by atoms with E-state index in [9.17, 15) is 0 Å². The van der Waals surface area contributed by atoms with Gasteiger partial charge >= 0.3 is 0 Å². The minimum Gasteiger partial charge on any atom is -0.490 e. The van der Waals surface area contributed by atoms with Gasteiger partial charge in [0.15, 0.2) is 5.96 Å². The van der Waals surface area contributed by atoms with Crippen LogP contribution in [0.15, 0.2) is 29.3 Å². The fourth-order valence-corrected chi connectivity index (χ4v) is 2.83. The molecule has 25 heavy (non-hydrogen) atoms. The average molecular weight is 461 g/mol. The third-order valence-electron chi connectivity index (χ3n) is 4.06. The number of aliphatic imine (C=N–C) groups is 1. The maximum atomic E-state index is 6.18. The Balaban J connectivity index is 0.00000312. The van der Waals surface area contributed by atoms with Crippen LogP contribution in [0.1, 0.15) is 45.1 Å². The van der Waals surface area contributed by atoms with Gasteiger partial charge in [0.05, 0.1) is 19.3 Å². The molecule has 1 aliphatic rings. The van der Waals surface area contributed by atoms with Gasteiger partial charge in [-0.05, 0) is 45.6 Å². The molecular weight excluding hydrogens is 429 g/mol. The van der Waals surface area contributed by atoms with Gasteiger partial charge in [0.1, 0.15) is 5.75 Å². The fraction of sp³-hybridized carbons (Fsp3) is 0.632. The van der Waals surface area contributed by atoms with Crippen molar-refractivity contribution in [2.75, 3.05) is 26.3 Å². The lowest BCUT2D eigenvalue weighted by Crippen LogP contribution is -2.39. The molecular formula is C19H32IN3O2. The molecule has 6 heteroatoms. The number of guanidine groups is 1. The van der Waals surface area contributed by atoms with Crippen molar-refractivity contribution in [3.63, 3.8) is 0 Å². The van der Waals surface area contributed by atoms with E-state index in [0.717, 1.165) is 37.0 Å². The van der Waals surface area contributed by atoms with Gasteiger partial charge in [-0.1, -0.05) is 18.2 Å². The highest BCUT2D eigenvalue weighted by atomic mass is 127. The summed E-state index contributed by atoms with van der Waals surface area (Å²) in [6.07, 6.45) is 5.25. The first-order valence-corrected chi connectivity index (χ1v) is 9.18. The van der Waals surface area contributed by atoms with Gasteiger partial charge in [0.25, 0.3) is 0 Å². The molecule has 1 aromatic rings. The Hall–Kier alpha value is -1.02. The molecule has 0 saturated heterocycles. The number of rotatable bonds is 9. The van der Waals surface area contributed by atoms with Gasteiger partial charge in [-0.3, -0.25) is 0 Å². The van der Waals surface area contributed by atoms with Crippen LogP contribution in [0.4, 0.5) is 0 Å². The standard InChI is InChI=1S/C19H31N3O2.HI/c1-3-20-19(21-13-14-23-4-2)22-15-16-9-5-8-12-18(16)24-17-10-6-7-11-17;/h5,8-9,12,17H,3-4,6-7,10-11,13-15H2,1-2H3,(H2,20,21,22);1H. The number of para-hydroxylation sites is 1. The Labute approximate surface area is 169 Å². The van der Waals surface area contributed by atoms with E-state index >= 15 is 0 Å². The zero-order valence-electron chi connectivity index (χ0n) is 15.4. The van der Waals surface area contributed by atoms with Crippen LogP contribution < -0.4 is 15.4 Å². The molecule has 0 aliphatic heterocycles. The second-order valence-corrected chi connectivity index (χ2v) is 5.95. The molecule has 0 atom stereocenters. The summed E-state index contributed by atoms with van der Waals surface area (Å²) in [7, 11) is 0. The Morgan fingerprint density at radius 2 is 1.92 bits per heavy atom. The molecule has 142 valence electrons. The normalized spacial score (nSPS) is 14.9. The number of hydrogen-bond acceptors (Lipinski definition) is 3. The second kappa shape index (κ2) is 13.2. The summed E-state index contributed by atoms with van der Waals surface area (Å²) in [5.74, 6) is 1.78. The smallest absolute Gasteiger partial charge is 0.191 e. The van der Waals surface area contributed by atoms with E-state index in [2.05, 4.69) is 34.7 Å². The molecule has 0 heterocycles. The van der Waals surface area contributed by atoms with Gasteiger partial charge < -0.3 is 20.1 Å². The second-order valence-electron chi connectivity index (χ2n) is 5.95. The molecule has 1 aliphatic carbocycles. The number of nitrogens with zero attached hydrogens (tertiary/aromatic N) is 1. The third kappa shape index (κ3) is 8.27. The van der Waals surface area contributed by atoms with Gasteiger partial charge in [-0.2, -0.15) is 0 Å². The molecule has 5 nitrogen and oxygen atoms in total. The monoisotopic (exact) mass is 461 g/mol. The van der Waals surface area contributed by atoms with Crippen molar-refractivity contribution in [1.29, 1.82) is 0 Å². The molecule has 0 radical (unpaired) electrons. The molecule has 2 N–H and O–H groups in total. The van der Waals surface area contributed by atoms with Crippen molar-refractivity contribution in [2.45, 2.75) is 52.2 Å². The molecule has 0 bridgehead atoms. The Morgan fingerprint density at radius 3 is 2.64 bits per heavy atom. The zero-order valence-corrected chi connectivity index (χ0v) is 17.8. The Kier molecular flexibility index (Phi) is 11.6. The van der Waals surface area contributed by atoms with E-state index < -0.39 is 0 Å². The van der Waals surface area contributed by atoms with Crippen LogP contribution in [0, 0.1) is 0 Å². The van der Waals surface area contributed by atoms with Crippen LogP contribution in [0.5, 0.6) is 5.75 Å². The van der Waals surface area contributed by atoms with Crippen molar-refractivity contribution < 1.29 is 9.47 Å². The number of hydrogen-bond donors (Lipinski definition) is 2. The summed E-state index contributed by atoms with van der Waals surface area (Å²) in [6.45, 7) is 7.68. The minimum absolute atomic E-state index is 0. The Morgan fingerprint density at radius 1 is 1.16 bits per heavy atom. The highest BCUT2D eigenvalue weighted by Crippen LogP contribution is 2.26. The van der Waals surface area contributed by atoms with Gasteiger partial charge in [0, 0.05) is 25.3 Å². The lowest BCUT2D eigenvalue weighted by molar-refractivity contribution is 0.152. The lowest BCUT2D eigenvalue weighted by Gasteiger charge is -2.16. The molecule has 1 saturated carbocycles. The van der Waals surface area contributed by atoms with E-state index in [1.54, 1.807) is 0 Å². The van der Waals surface area contributed by atoms with E-state index in [-0.39, 0.29) is 24.0 Å². The summed E-state index contributed by atoms with van der Waals surface area (Å²) in [5.41, 5.74) is 1.13.